The van der Waals surface area contributed by atoms with Gasteiger partial charge in [-0.3, -0.25) is 9.69 Å². The van der Waals surface area contributed by atoms with Crippen LogP contribution in [-0.4, -0.2) is 56.8 Å². The summed E-state index contributed by atoms with van der Waals surface area (Å²) in [6.45, 7) is 2.66. The molecule has 1 saturated heterocycles. The number of rotatable bonds is 7. The van der Waals surface area contributed by atoms with Gasteiger partial charge in [0.25, 0.3) is 0 Å². The minimum Gasteiger partial charge on any atom is -0.348 e. The third-order valence-corrected chi connectivity index (χ3v) is 8.01. The van der Waals surface area contributed by atoms with E-state index < -0.39 is 34.3 Å². The average Bonchev–Trinajstić information content (AvgIpc) is 3.15. The van der Waals surface area contributed by atoms with Crippen molar-refractivity contribution >= 4 is 27.3 Å². The van der Waals surface area contributed by atoms with Crippen molar-refractivity contribution in [1.82, 2.24) is 10.2 Å². The van der Waals surface area contributed by atoms with E-state index in [0.717, 1.165) is 6.42 Å². The van der Waals surface area contributed by atoms with Crippen LogP contribution in [0.5, 0.6) is 0 Å². The summed E-state index contributed by atoms with van der Waals surface area (Å²) in [7, 11) is -3.57. The Morgan fingerprint density at radius 3 is 2.64 bits per heavy atom. The SMILES string of the molecule is CCS(=O)(=O)c1ccc(Cl)cc1CNC(=O)C1=CC=C(CN2CC[C@H](N)C2)C(C(F)(F)F)C1. The molecule has 1 heterocycles. The lowest BCUT2D eigenvalue weighted by molar-refractivity contribution is -0.165. The Balaban J connectivity index is 1.76. The van der Waals surface area contributed by atoms with Crippen LogP contribution in [0.4, 0.5) is 13.2 Å². The molecule has 0 radical (unpaired) electrons. The van der Waals surface area contributed by atoms with Crippen molar-refractivity contribution in [2.45, 2.75) is 43.4 Å². The van der Waals surface area contributed by atoms with Gasteiger partial charge in [-0.2, -0.15) is 13.2 Å². The number of nitrogens with two attached hydrogens (primary N) is 1. The molecule has 6 nitrogen and oxygen atoms in total. The summed E-state index contributed by atoms with van der Waals surface area (Å²) in [5.74, 6) is -2.58. The molecule has 1 aliphatic heterocycles. The fourth-order valence-electron chi connectivity index (χ4n) is 4.10. The number of carbonyl (C=O) groups is 1. The van der Waals surface area contributed by atoms with Gasteiger partial charge in [0.05, 0.1) is 16.6 Å². The fourth-order valence-corrected chi connectivity index (χ4v) is 5.41. The first kappa shape index (κ1) is 25.7. The van der Waals surface area contributed by atoms with Gasteiger partial charge >= 0.3 is 6.18 Å². The maximum Gasteiger partial charge on any atom is 0.395 e. The highest BCUT2D eigenvalue weighted by Crippen LogP contribution is 2.39. The molecule has 3 rings (SSSR count). The second kappa shape index (κ2) is 10.2. The highest BCUT2D eigenvalue weighted by molar-refractivity contribution is 7.91. The molecule has 1 aromatic rings. The number of nitrogens with zero attached hydrogens (tertiary/aromatic N) is 1. The number of likely N-dealkylation sites (tertiary alicyclic amines) is 1. The van der Waals surface area contributed by atoms with Crippen LogP contribution in [0.2, 0.25) is 5.02 Å². The quantitative estimate of drug-likeness (QED) is 0.593. The van der Waals surface area contributed by atoms with Crippen molar-refractivity contribution in [1.29, 1.82) is 0 Å². The van der Waals surface area contributed by atoms with Crippen LogP contribution in [0, 0.1) is 5.92 Å². The summed E-state index contributed by atoms with van der Waals surface area (Å²) < 4.78 is 66.0. The first-order valence-electron chi connectivity index (χ1n) is 10.6. The van der Waals surface area contributed by atoms with Crippen LogP contribution in [0.3, 0.4) is 0 Å². The summed E-state index contributed by atoms with van der Waals surface area (Å²) >= 11 is 5.97. The van der Waals surface area contributed by atoms with E-state index in [2.05, 4.69) is 5.32 Å². The largest absolute Gasteiger partial charge is 0.395 e. The molecule has 3 N–H and O–H groups in total. The number of nitrogens with one attached hydrogen (secondary N) is 1. The molecule has 1 aromatic carbocycles. The zero-order valence-corrected chi connectivity index (χ0v) is 19.7. The number of benzene rings is 1. The number of sulfone groups is 1. The molecule has 0 spiro atoms. The molecule has 0 bridgehead atoms. The van der Waals surface area contributed by atoms with Crippen LogP contribution >= 0.6 is 11.6 Å². The minimum absolute atomic E-state index is 0.0128. The molecule has 2 aliphatic rings. The number of hydrogen-bond donors (Lipinski definition) is 2. The Hall–Kier alpha value is -1.88. The average molecular weight is 506 g/mol. The van der Waals surface area contributed by atoms with E-state index >= 15 is 0 Å². The minimum atomic E-state index is -4.50. The maximum absolute atomic E-state index is 13.8. The van der Waals surface area contributed by atoms with Crippen molar-refractivity contribution in [2.75, 3.05) is 25.4 Å². The Labute approximate surface area is 196 Å². The van der Waals surface area contributed by atoms with Crippen LogP contribution in [0.15, 0.2) is 46.4 Å². The second-order valence-corrected chi connectivity index (χ2v) is 11.0. The van der Waals surface area contributed by atoms with Gasteiger partial charge in [-0.05, 0) is 42.2 Å². The van der Waals surface area contributed by atoms with E-state index in [0.29, 0.717) is 13.1 Å². The van der Waals surface area contributed by atoms with Crippen molar-refractivity contribution in [3.63, 3.8) is 0 Å². The molecule has 11 heteroatoms. The third-order valence-electron chi connectivity index (χ3n) is 5.95. The van der Waals surface area contributed by atoms with Gasteiger partial charge in [-0.15, -0.1) is 0 Å². The molecule has 0 saturated carbocycles. The predicted molar refractivity (Wildman–Crippen MR) is 120 cm³/mol. The molecule has 33 heavy (non-hydrogen) atoms. The van der Waals surface area contributed by atoms with Crippen molar-refractivity contribution in [2.24, 2.45) is 11.7 Å². The number of halogens is 4. The lowest BCUT2D eigenvalue weighted by Crippen LogP contribution is -2.36. The summed E-state index contributed by atoms with van der Waals surface area (Å²) in [4.78, 5) is 14.6. The van der Waals surface area contributed by atoms with E-state index in [1.54, 1.807) is 0 Å². The van der Waals surface area contributed by atoms with E-state index in [1.165, 1.54) is 37.3 Å². The lowest BCUT2D eigenvalue weighted by Gasteiger charge is -2.29. The fraction of sp³-hybridized carbons (Fsp3) is 0.500. The Kier molecular flexibility index (Phi) is 7.93. The first-order valence-corrected chi connectivity index (χ1v) is 12.7. The molecular weight excluding hydrogens is 479 g/mol. The zero-order valence-electron chi connectivity index (χ0n) is 18.2. The van der Waals surface area contributed by atoms with Crippen LogP contribution in [-0.2, 0) is 21.2 Å². The van der Waals surface area contributed by atoms with E-state index in [9.17, 15) is 26.4 Å². The first-order chi connectivity index (χ1) is 15.4. The van der Waals surface area contributed by atoms with Crippen LogP contribution < -0.4 is 11.1 Å². The van der Waals surface area contributed by atoms with Crippen molar-refractivity contribution < 1.29 is 26.4 Å². The third kappa shape index (κ3) is 6.38. The predicted octanol–water partition coefficient (Wildman–Crippen LogP) is 3.22. The molecule has 1 amide bonds. The Morgan fingerprint density at radius 1 is 1.30 bits per heavy atom. The number of hydrogen-bond acceptors (Lipinski definition) is 5. The Bertz CT molecular complexity index is 1070. The molecule has 2 atom stereocenters. The monoisotopic (exact) mass is 505 g/mol. The maximum atomic E-state index is 13.8. The number of carbonyl (C=O) groups excluding carboxylic acids is 1. The van der Waals surface area contributed by atoms with Gasteiger partial charge in [-0.25, -0.2) is 8.42 Å². The highest BCUT2D eigenvalue weighted by Gasteiger charge is 2.44. The molecule has 1 unspecified atom stereocenters. The smallest absolute Gasteiger partial charge is 0.348 e. The molecule has 1 aliphatic carbocycles. The zero-order chi connectivity index (χ0) is 24.4. The molecule has 1 fully saturated rings. The van der Waals surface area contributed by atoms with Gasteiger partial charge in [0.2, 0.25) is 5.91 Å². The number of allylic oxidation sites excluding steroid dienone is 2. The topological polar surface area (TPSA) is 92.5 Å². The summed E-state index contributed by atoms with van der Waals surface area (Å²) in [5.41, 5.74) is 6.33. The normalized spacial score (nSPS) is 22.1. The highest BCUT2D eigenvalue weighted by atomic mass is 35.5. The lowest BCUT2D eigenvalue weighted by atomic mass is 9.85. The number of amides is 1. The number of alkyl halides is 3. The summed E-state index contributed by atoms with van der Waals surface area (Å²) in [6, 6.07) is 4.19. The molecular formula is C22H27ClF3N3O3S. The van der Waals surface area contributed by atoms with E-state index in [4.69, 9.17) is 17.3 Å². The van der Waals surface area contributed by atoms with Gasteiger partial charge in [0.1, 0.15) is 0 Å². The summed E-state index contributed by atoms with van der Waals surface area (Å²) in [5, 5.41) is 2.83. The van der Waals surface area contributed by atoms with Gasteiger partial charge in [0.15, 0.2) is 9.84 Å². The summed E-state index contributed by atoms with van der Waals surface area (Å²) in [6.07, 6.45) is -1.45. The van der Waals surface area contributed by atoms with Crippen molar-refractivity contribution in [3.8, 4) is 0 Å². The van der Waals surface area contributed by atoms with Gasteiger partial charge < -0.3 is 11.1 Å². The van der Waals surface area contributed by atoms with Gasteiger partial charge in [0, 0.05) is 42.8 Å². The van der Waals surface area contributed by atoms with Gasteiger partial charge in [-0.1, -0.05) is 30.7 Å². The van der Waals surface area contributed by atoms with E-state index in [1.807, 2.05) is 4.90 Å². The molecule has 0 aromatic heterocycles. The van der Waals surface area contributed by atoms with Crippen molar-refractivity contribution in [3.05, 3.63) is 52.1 Å². The second-order valence-electron chi connectivity index (χ2n) is 8.35. The Morgan fingerprint density at radius 2 is 2.03 bits per heavy atom. The van der Waals surface area contributed by atoms with Crippen LogP contribution in [0.1, 0.15) is 25.3 Å². The van der Waals surface area contributed by atoms with Crippen LogP contribution in [0.25, 0.3) is 0 Å². The van der Waals surface area contributed by atoms with E-state index in [-0.39, 0.29) is 51.5 Å². The standard InChI is InChI=1S/C22H27ClF3N3O3S/c1-2-33(31,32)20-6-5-17(23)9-16(20)11-28-21(30)14-3-4-15(19(10-14)22(24,25)26)12-29-8-7-18(27)13-29/h3-6,9,18-19H,2,7-8,10-13,27H2,1H3,(H,28,30)/t18-,19?/m0/s1. The molecule has 182 valence electrons.